The van der Waals surface area contributed by atoms with Crippen molar-refractivity contribution in [2.75, 3.05) is 0 Å². The highest BCUT2D eigenvalue weighted by Crippen LogP contribution is 2.34. The average molecular weight is 399 g/mol. The van der Waals surface area contributed by atoms with Gasteiger partial charge in [-0.25, -0.2) is 18.1 Å². The molecule has 0 amide bonds. The number of pyridine rings is 1. The Morgan fingerprint density at radius 3 is 2.46 bits per heavy atom. The molecule has 0 aliphatic carbocycles. The van der Waals surface area contributed by atoms with E-state index in [2.05, 4.69) is 9.71 Å². The smallest absolute Gasteiger partial charge is 0.243 e. The second-order valence-corrected chi connectivity index (χ2v) is 7.25. The lowest BCUT2D eigenvalue weighted by molar-refractivity contribution is -0.140. The summed E-state index contributed by atoms with van der Waals surface area (Å²) in [5.74, 6) is 0. The summed E-state index contributed by atoms with van der Waals surface area (Å²) < 4.78 is 65.8. The SMILES string of the molecule is CC(NS(=O)(=O)c1ncccc1C(F)(F)F)c1cccc(Cl)c1Cl. The van der Waals surface area contributed by atoms with E-state index in [1.54, 1.807) is 6.07 Å². The van der Waals surface area contributed by atoms with Crippen LogP contribution in [-0.2, 0) is 16.2 Å². The van der Waals surface area contributed by atoms with Crippen molar-refractivity contribution in [3.8, 4) is 0 Å². The monoisotopic (exact) mass is 398 g/mol. The minimum Gasteiger partial charge on any atom is -0.243 e. The van der Waals surface area contributed by atoms with E-state index < -0.39 is 32.8 Å². The Labute approximate surface area is 146 Å². The maximum Gasteiger partial charge on any atom is 0.419 e. The van der Waals surface area contributed by atoms with Gasteiger partial charge in [0, 0.05) is 12.2 Å². The number of alkyl halides is 3. The number of aromatic nitrogens is 1. The minimum atomic E-state index is -4.85. The Morgan fingerprint density at radius 1 is 1.17 bits per heavy atom. The van der Waals surface area contributed by atoms with Crippen LogP contribution in [0.4, 0.5) is 13.2 Å². The van der Waals surface area contributed by atoms with Crippen LogP contribution in [0.5, 0.6) is 0 Å². The molecule has 1 atom stereocenters. The zero-order valence-corrected chi connectivity index (χ0v) is 14.4. The molecule has 2 aromatic rings. The van der Waals surface area contributed by atoms with Crippen molar-refractivity contribution in [1.29, 1.82) is 0 Å². The van der Waals surface area contributed by atoms with E-state index >= 15 is 0 Å². The standard InChI is InChI=1S/C14H11Cl2F3N2O2S/c1-8(9-4-2-6-11(15)12(9)16)21-24(22,23)13-10(14(17,18)19)5-3-7-20-13/h2-8,21H,1H3. The third kappa shape index (κ3) is 4.00. The maximum atomic E-state index is 13.0. The Bertz CT molecular complexity index is 857. The van der Waals surface area contributed by atoms with E-state index in [4.69, 9.17) is 23.2 Å². The number of halogens is 5. The fourth-order valence-electron chi connectivity index (χ4n) is 2.03. The molecule has 0 aliphatic heterocycles. The van der Waals surface area contributed by atoms with E-state index in [-0.39, 0.29) is 10.0 Å². The fraction of sp³-hybridized carbons (Fsp3) is 0.214. The highest BCUT2D eigenvalue weighted by atomic mass is 35.5. The van der Waals surface area contributed by atoms with Crippen molar-refractivity contribution in [2.45, 2.75) is 24.2 Å². The minimum absolute atomic E-state index is 0.117. The number of sulfonamides is 1. The molecular weight excluding hydrogens is 388 g/mol. The van der Waals surface area contributed by atoms with Crippen molar-refractivity contribution in [3.05, 3.63) is 57.7 Å². The van der Waals surface area contributed by atoms with Gasteiger partial charge in [-0.05, 0) is 30.7 Å². The summed E-state index contributed by atoms with van der Waals surface area (Å²) in [6.07, 6.45) is -3.88. The molecule has 0 saturated heterocycles. The highest BCUT2D eigenvalue weighted by Gasteiger charge is 2.38. The lowest BCUT2D eigenvalue weighted by atomic mass is 10.1. The van der Waals surface area contributed by atoms with Crippen LogP contribution in [0.15, 0.2) is 41.6 Å². The van der Waals surface area contributed by atoms with Gasteiger partial charge >= 0.3 is 6.18 Å². The highest BCUT2D eigenvalue weighted by molar-refractivity contribution is 7.89. The van der Waals surface area contributed by atoms with E-state index in [1.165, 1.54) is 19.1 Å². The normalized spacial score (nSPS) is 13.8. The van der Waals surface area contributed by atoms with Gasteiger partial charge in [0.2, 0.25) is 0 Å². The number of benzene rings is 1. The van der Waals surface area contributed by atoms with Crippen LogP contribution in [0.3, 0.4) is 0 Å². The van der Waals surface area contributed by atoms with Crippen LogP contribution in [0, 0.1) is 0 Å². The summed E-state index contributed by atoms with van der Waals surface area (Å²) in [5.41, 5.74) is -1.01. The lowest BCUT2D eigenvalue weighted by Crippen LogP contribution is -2.30. The zero-order chi connectivity index (χ0) is 18.1. The van der Waals surface area contributed by atoms with Crippen LogP contribution in [0.25, 0.3) is 0 Å². The molecule has 0 spiro atoms. The van der Waals surface area contributed by atoms with Crippen LogP contribution in [0.1, 0.15) is 24.1 Å². The fourth-order valence-corrected chi connectivity index (χ4v) is 3.88. The first-order valence-corrected chi connectivity index (χ1v) is 8.76. The summed E-state index contributed by atoms with van der Waals surface area (Å²) in [5, 5.41) is -0.775. The van der Waals surface area contributed by atoms with Crippen molar-refractivity contribution in [3.63, 3.8) is 0 Å². The van der Waals surface area contributed by atoms with Crippen LogP contribution >= 0.6 is 23.2 Å². The molecule has 0 radical (unpaired) electrons. The maximum absolute atomic E-state index is 13.0. The third-order valence-corrected chi connectivity index (χ3v) is 5.44. The van der Waals surface area contributed by atoms with Gasteiger partial charge in [0.1, 0.15) is 0 Å². The van der Waals surface area contributed by atoms with E-state index in [0.29, 0.717) is 11.6 Å². The molecule has 24 heavy (non-hydrogen) atoms. The quantitative estimate of drug-likeness (QED) is 0.827. The first-order chi connectivity index (χ1) is 11.0. The molecule has 1 aromatic heterocycles. The number of nitrogens with one attached hydrogen (secondary N) is 1. The summed E-state index contributed by atoms with van der Waals surface area (Å²) in [4.78, 5) is 3.37. The second kappa shape index (κ2) is 6.87. The molecule has 4 nitrogen and oxygen atoms in total. The largest absolute Gasteiger partial charge is 0.419 e. The molecule has 130 valence electrons. The molecule has 10 heteroatoms. The molecule has 1 aromatic carbocycles. The molecule has 1 heterocycles. The Morgan fingerprint density at radius 2 is 1.83 bits per heavy atom. The molecule has 0 fully saturated rings. The Hall–Kier alpha value is -1.35. The van der Waals surface area contributed by atoms with Crippen LogP contribution in [0.2, 0.25) is 10.0 Å². The molecule has 1 N–H and O–H groups in total. The lowest BCUT2D eigenvalue weighted by Gasteiger charge is -2.18. The number of hydrogen-bond donors (Lipinski definition) is 1. The molecule has 0 saturated carbocycles. The molecule has 0 bridgehead atoms. The topological polar surface area (TPSA) is 59.1 Å². The van der Waals surface area contributed by atoms with Gasteiger partial charge in [0.25, 0.3) is 10.0 Å². The van der Waals surface area contributed by atoms with Crippen molar-refractivity contribution in [1.82, 2.24) is 9.71 Å². The van der Waals surface area contributed by atoms with Crippen molar-refractivity contribution >= 4 is 33.2 Å². The van der Waals surface area contributed by atoms with Gasteiger partial charge in [-0.2, -0.15) is 13.2 Å². The average Bonchev–Trinajstić information content (AvgIpc) is 2.48. The van der Waals surface area contributed by atoms with Gasteiger partial charge in [0.15, 0.2) is 5.03 Å². The molecule has 2 rings (SSSR count). The summed E-state index contributed by atoms with van der Waals surface area (Å²) >= 11 is 11.9. The van der Waals surface area contributed by atoms with Crippen LogP contribution < -0.4 is 4.72 Å². The number of hydrogen-bond acceptors (Lipinski definition) is 3. The summed E-state index contributed by atoms with van der Waals surface area (Å²) in [6.45, 7) is 1.44. The zero-order valence-electron chi connectivity index (χ0n) is 12.1. The predicted molar refractivity (Wildman–Crippen MR) is 84.4 cm³/mol. The number of rotatable bonds is 4. The third-order valence-electron chi connectivity index (χ3n) is 3.11. The molecular formula is C14H11Cl2F3N2O2S. The summed E-state index contributed by atoms with van der Waals surface area (Å²) in [6, 6.07) is 5.33. The second-order valence-electron chi connectivity index (χ2n) is 4.84. The van der Waals surface area contributed by atoms with Gasteiger partial charge in [0.05, 0.1) is 15.6 Å². The molecule has 0 aliphatic rings. The first kappa shape index (κ1) is 19.0. The first-order valence-electron chi connectivity index (χ1n) is 6.52. The Balaban J connectivity index is 2.41. The summed E-state index contributed by atoms with van der Waals surface area (Å²) in [7, 11) is -4.53. The van der Waals surface area contributed by atoms with E-state index in [1.807, 2.05) is 0 Å². The van der Waals surface area contributed by atoms with Crippen molar-refractivity contribution in [2.24, 2.45) is 0 Å². The van der Waals surface area contributed by atoms with Crippen LogP contribution in [-0.4, -0.2) is 13.4 Å². The van der Waals surface area contributed by atoms with Gasteiger partial charge in [-0.15, -0.1) is 0 Å². The van der Waals surface area contributed by atoms with Gasteiger partial charge in [-0.3, -0.25) is 0 Å². The Kier molecular flexibility index (Phi) is 5.44. The molecule has 1 unspecified atom stereocenters. The van der Waals surface area contributed by atoms with E-state index in [0.717, 1.165) is 12.3 Å². The number of nitrogens with zero attached hydrogens (tertiary/aromatic N) is 1. The van der Waals surface area contributed by atoms with Gasteiger partial charge < -0.3 is 0 Å². The van der Waals surface area contributed by atoms with Gasteiger partial charge in [-0.1, -0.05) is 35.3 Å². The predicted octanol–water partition coefficient (Wildman–Crippen LogP) is 4.45. The van der Waals surface area contributed by atoms with Crippen molar-refractivity contribution < 1.29 is 21.6 Å². The van der Waals surface area contributed by atoms with E-state index in [9.17, 15) is 21.6 Å².